The van der Waals surface area contributed by atoms with E-state index in [-0.39, 0.29) is 0 Å². The number of hydrogen-bond acceptors (Lipinski definition) is 7. The number of aromatic nitrogens is 1. The Kier molecular flexibility index (Phi) is 5.53. The average molecular weight is 335 g/mol. The van der Waals surface area contributed by atoms with E-state index < -0.39 is 12.1 Å². The summed E-state index contributed by atoms with van der Waals surface area (Å²) in [7, 11) is 1.49. The minimum Gasteiger partial charge on any atom is -0.493 e. The first kappa shape index (κ1) is 16.8. The molecule has 0 fully saturated rings. The third-order valence-corrected chi connectivity index (χ3v) is 3.72. The van der Waals surface area contributed by atoms with E-state index in [2.05, 4.69) is 15.5 Å². The highest BCUT2D eigenvalue weighted by atomic mass is 32.1. The van der Waals surface area contributed by atoms with E-state index in [4.69, 9.17) is 14.6 Å². The zero-order chi connectivity index (χ0) is 16.8. The fourth-order valence-corrected chi connectivity index (χ4v) is 2.35. The Morgan fingerprint density at radius 1 is 1.52 bits per heavy atom. The van der Waals surface area contributed by atoms with Gasteiger partial charge in [-0.05, 0) is 26.0 Å². The SMILES string of the molecule is COc1cccc(C=NNc2nc(C)cs2)c1OC(C)C(=O)O. The molecule has 0 spiro atoms. The molecule has 8 heteroatoms. The number of carboxylic acid groups (broad SMARTS) is 1. The first-order valence-electron chi connectivity index (χ1n) is 6.79. The van der Waals surface area contributed by atoms with Crippen molar-refractivity contribution in [3.8, 4) is 11.5 Å². The number of ether oxygens (including phenoxy) is 2. The van der Waals surface area contributed by atoms with Gasteiger partial charge in [-0.3, -0.25) is 5.43 Å². The van der Waals surface area contributed by atoms with Crippen LogP contribution in [0.1, 0.15) is 18.2 Å². The number of hydrogen-bond donors (Lipinski definition) is 2. The number of benzene rings is 1. The van der Waals surface area contributed by atoms with E-state index in [1.807, 2.05) is 12.3 Å². The zero-order valence-corrected chi connectivity index (χ0v) is 13.8. The first-order chi connectivity index (χ1) is 11.0. The maximum absolute atomic E-state index is 11.0. The molecule has 2 rings (SSSR count). The standard InChI is InChI=1S/C15H17N3O4S/c1-9-8-23-15(17-9)18-16-7-11-5-4-6-12(21-3)13(11)22-10(2)14(19)20/h4-8,10H,1-3H3,(H,17,18)(H,19,20). The highest BCUT2D eigenvalue weighted by Gasteiger charge is 2.17. The number of thiazole rings is 1. The molecule has 1 heterocycles. The van der Waals surface area contributed by atoms with Crippen molar-refractivity contribution in [2.75, 3.05) is 12.5 Å². The number of nitrogens with one attached hydrogen (secondary N) is 1. The van der Waals surface area contributed by atoms with Gasteiger partial charge >= 0.3 is 5.97 Å². The van der Waals surface area contributed by atoms with Crippen LogP contribution in [0.2, 0.25) is 0 Å². The summed E-state index contributed by atoms with van der Waals surface area (Å²) in [4.78, 5) is 15.2. The fraction of sp³-hybridized carbons (Fsp3) is 0.267. The van der Waals surface area contributed by atoms with Crippen LogP contribution in [0.15, 0.2) is 28.7 Å². The summed E-state index contributed by atoms with van der Waals surface area (Å²) in [5.41, 5.74) is 4.33. The predicted octanol–water partition coefficient (Wildman–Crippen LogP) is 2.76. The van der Waals surface area contributed by atoms with Crippen molar-refractivity contribution >= 4 is 28.7 Å². The molecule has 0 radical (unpaired) electrons. The maximum Gasteiger partial charge on any atom is 0.344 e. The Morgan fingerprint density at radius 2 is 2.30 bits per heavy atom. The molecule has 0 saturated heterocycles. The zero-order valence-electron chi connectivity index (χ0n) is 12.9. The third-order valence-electron chi connectivity index (χ3n) is 2.85. The van der Waals surface area contributed by atoms with Crippen molar-refractivity contribution in [3.05, 3.63) is 34.8 Å². The molecular weight excluding hydrogens is 318 g/mol. The van der Waals surface area contributed by atoms with Gasteiger partial charge < -0.3 is 14.6 Å². The van der Waals surface area contributed by atoms with Crippen molar-refractivity contribution in [1.29, 1.82) is 0 Å². The molecule has 0 saturated carbocycles. The van der Waals surface area contributed by atoms with Crippen LogP contribution >= 0.6 is 11.3 Å². The summed E-state index contributed by atoms with van der Waals surface area (Å²) >= 11 is 1.44. The van der Waals surface area contributed by atoms with Crippen molar-refractivity contribution < 1.29 is 19.4 Å². The second-order valence-electron chi connectivity index (χ2n) is 4.64. The molecule has 0 aliphatic heterocycles. The molecule has 1 unspecified atom stereocenters. The van der Waals surface area contributed by atoms with Crippen LogP contribution in [0, 0.1) is 6.92 Å². The third kappa shape index (κ3) is 4.43. The smallest absolute Gasteiger partial charge is 0.344 e. The summed E-state index contributed by atoms with van der Waals surface area (Å²) in [5.74, 6) is -0.298. The van der Waals surface area contributed by atoms with Crippen LogP contribution < -0.4 is 14.9 Å². The average Bonchev–Trinajstić information content (AvgIpc) is 2.93. The number of hydrazone groups is 1. The Labute approximate surface area is 137 Å². The number of methoxy groups -OCH3 is 1. The second kappa shape index (κ2) is 7.59. The lowest BCUT2D eigenvalue weighted by Crippen LogP contribution is -2.23. The fourth-order valence-electron chi connectivity index (χ4n) is 1.71. The van der Waals surface area contributed by atoms with Crippen LogP contribution in [0.3, 0.4) is 0 Å². The van der Waals surface area contributed by atoms with Crippen molar-refractivity contribution in [2.24, 2.45) is 5.10 Å². The normalized spacial score (nSPS) is 12.1. The number of aliphatic carboxylic acids is 1. The lowest BCUT2D eigenvalue weighted by molar-refractivity contribution is -0.144. The Balaban J connectivity index is 2.21. The minimum absolute atomic E-state index is 0.325. The molecule has 1 aromatic heterocycles. The van der Waals surface area contributed by atoms with Gasteiger partial charge in [0.2, 0.25) is 5.13 Å². The van der Waals surface area contributed by atoms with Crippen LogP contribution in [0.25, 0.3) is 0 Å². The summed E-state index contributed by atoms with van der Waals surface area (Å²) < 4.78 is 10.7. The topological polar surface area (TPSA) is 93.0 Å². The Hall–Kier alpha value is -2.61. The molecular formula is C15H17N3O4S. The predicted molar refractivity (Wildman–Crippen MR) is 88.8 cm³/mol. The molecule has 23 heavy (non-hydrogen) atoms. The van der Waals surface area contributed by atoms with E-state index in [0.717, 1.165) is 5.69 Å². The van der Waals surface area contributed by atoms with Gasteiger partial charge in [0.1, 0.15) is 0 Å². The molecule has 1 aromatic carbocycles. The second-order valence-corrected chi connectivity index (χ2v) is 5.50. The van der Waals surface area contributed by atoms with Gasteiger partial charge in [-0.2, -0.15) is 5.10 Å². The van der Waals surface area contributed by atoms with E-state index in [0.29, 0.717) is 22.2 Å². The molecule has 0 amide bonds. The van der Waals surface area contributed by atoms with Crippen LogP contribution in [-0.2, 0) is 4.79 Å². The van der Waals surface area contributed by atoms with Crippen LogP contribution in [0.4, 0.5) is 5.13 Å². The monoisotopic (exact) mass is 335 g/mol. The molecule has 0 bridgehead atoms. The van der Waals surface area contributed by atoms with Crippen molar-refractivity contribution in [1.82, 2.24) is 4.98 Å². The van der Waals surface area contributed by atoms with E-state index in [1.54, 1.807) is 18.2 Å². The van der Waals surface area contributed by atoms with E-state index in [9.17, 15) is 4.79 Å². The quantitative estimate of drug-likeness (QED) is 0.597. The number of para-hydroxylation sites is 1. The molecule has 2 aromatic rings. The van der Waals surface area contributed by atoms with Crippen molar-refractivity contribution in [3.63, 3.8) is 0 Å². The highest BCUT2D eigenvalue weighted by molar-refractivity contribution is 7.13. The van der Waals surface area contributed by atoms with Gasteiger partial charge in [-0.25, -0.2) is 9.78 Å². The van der Waals surface area contributed by atoms with Gasteiger partial charge in [0, 0.05) is 10.9 Å². The molecule has 7 nitrogen and oxygen atoms in total. The summed E-state index contributed by atoms with van der Waals surface area (Å²) in [6.45, 7) is 3.35. The highest BCUT2D eigenvalue weighted by Crippen LogP contribution is 2.31. The lowest BCUT2D eigenvalue weighted by Gasteiger charge is -2.15. The van der Waals surface area contributed by atoms with Gasteiger partial charge in [0.25, 0.3) is 0 Å². The molecule has 122 valence electrons. The Morgan fingerprint density at radius 3 is 2.91 bits per heavy atom. The minimum atomic E-state index is -1.06. The number of anilines is 1. The molecule has 1 atom stereocenters. The van der Waals surface area contributed by atoms with E-state index in [1.165, 1.54) is 31.6 Å². The van der Waals surface area contributed by atoms with Crippen LogP contribution in [0.5, 0.6) is 11.5 Å². The molecule has 2 N–H and O–H groups in total. The summed E-state index contributed by atoms with van der Waals surface area (Å²) in [5, 5.41) is 15.7. The van der Waals surface area contributed by atoms with Gasteiger partial charge in [-0.1, -0.05) is 6.07 Å². The van der Waals surface area contributed by atoms with Crippen LogP contribution in [-0.4, -0.2) is 35.5 Å². The lowest BCUT2D eigenvalue weighted by atomic mass is 10.2. The van der Waals surface area contributed by atoms with Gasteiger partial charge in [-0.15, -0.1) is 11.3 Å². The maximum atomic E-state index is 11.0. The number of carbonyl (C=O) groups is 1. The number of rotatable bonds is 7. The summed E-state index contributed by atoms with van der Waals surface area (Å²) in [6, 6.07) is 5.22. The van der Waals surface area contributed by atoms with E-state index >= 15 is 0 Å². The van der Waals surface area contributed by atoms with Gasteiger partial charge in [0.05, 0.1) is 19.0 Å². The number of carboxylic acids is 1. The number of nitrogens with zero attached hydrogens (tertiary/aromatic N) is 2. The largest absolute Gasteiger partial charge is 0.493 e. The first-order valence-corrected chi connectivity index (χ1v) is 7.67. The number of aryl methyl sites for hydroxylation is 1. The summed E-state index contributed by atoms with van der Waals surface area (Å²) in [6.07, 6.45) is 0.524. The van der Waals surface area contributed by atoms with Crippen molar-refractivity contribution in [2.45, 2.75) is 20.0 Å². The molecule has 0 aliphatic carbocycles. The molecule has 0 aliphatic rings. The Bertz CT molecular complexity index is 714. The van der Waals surface area contributed by atoms with Gasteiger partial charge in [0.15, 0.2) is 17.6 Å².